The zero-order valence-corrected chi connectivity index (χ0v) is 19.0. The van der Waals surface area contributed by atoms with E-state index in [1.165, 1.54) is 32.5 Å². The number of primary amides is 1. The lowest BCUT2D eigenvalue weighted by atomic mass is 10.1. The predicted molar refractivity (Wildman–Crippen MR) is 112 cm³/mol. The molecule has 0 unspecified atom stereocenters. The topological polar surface area (TPSA) is 123 Å². The lowest BCUT2D eigenvalue weighted by Crippen LogP contribution is -2.50. The third-order valence-electron chi connectivity index (χ3n) is 5.27. The SMILES string of the molecule is Cc1cc(C)c(S(=O)(=O)N2CCN(S(=O)(=O)c3cc(C(N)=O)n(C)c3)CC2)c(C)c1. The third kappa shape index (κ3) is 3.89. The molecule has 1 fully saturated rings. The van der Waals surface area contributed by atoms with E-state index < -0.39 is 26.0 Å². The first-order chi connectivity index (χ1) is 13.9. The Hall–Kier alpha value is -2.21. The Labute approximate surface area is 177 Å². The average molecular weight is 455 g/mol. The van der Waals surface area contributed by atoms with Crippen LogP contribution in [-0.2, 0) is 27.1 Å². The van der Waals surface area contributed by atoms with Crippen molar-refractivity contribution in [2.24, 2.45) is 12.8 Å². The standard InChI is InChI=1S/C19H26N4O5S2/c1-13-9-14(2)18(15(3)10-13)30(27,28)23-7-5-22(6-8-23)29(25,26)16-11-17(19(20)24)21(4)12-16/h9-12H,5-8H2,1-4H3,(H2,20,24). The minimum absolute atomic E-state index is 0.0202. The lowest BCUT2D eigenvalue weighted by molar-refractivity contribution is 0.0992. The van der Waals surface area contributed by atoms with Crippen molar-refractivity contribution in [3.63, 3.8) is 0 Å². The number of sulfonamides is 2. The number of benzene rings is 1. The molecular formula is C19H26N4O5S2. The predicted octanol–water partition coefficient (Wildman–Crippen LogP) is 0.744. The molecule has 0 spiro atoms. The van der Waals surface area contributed by atoms with E-state index in [9.17, 15) is 21.6 Å². The maximum Gasteiger partial charge on any atom is 0.265 e. The highest BCUT2D eigenvalue weighted by molar-refractivity contribution is 7.89. The summed E-state index contributed by atoms with van der Waals surface area (Å²) >= 11 is 0. The van der Waals surface area contributed by atoms with Crippen LogP contribution in [0.1, 0.15) is 27.2 Å². The average Bonchev–Trinajstić information content (AvgIpc) is 3.03. The highest BCUT2D eigenvalue weighted by atomic mass is 32.2. The van der Waals surface area contributed by atoms with Crippen molar-refractivity contribution in [3.05, 3.63) is 46.8 Å². The summed E-state index contributed by atoms with van der Waals surface area (Å²) in [4.78, 5) is 11.7. The van der Waals surface area contributed by atoms with E-state index in [4.69, 9.17) is 5.73 Å². The van der Waals surface area contributed by atoms with Gasteiger partial charge in [0.1, 0.15) is 10.6 Å². The first kappa shape index (κ1) is 22.5. The number of aromatic nitrogens is 1. The number of carbonyl (C=O) groups excluding carboxylic acids is 1. The van der Waals surface area contributed by atoms with E-state index in [0.29, 0.717) is 11.1 Å². The van der Waals surface area contributed by atoms with Crippen LogP contribution < -0.4 is 5.73 Å². The second-order valence-electron chi connectivity index (χ2n) is 7.57. The Kier molecular flexibility index (Phi) is 5.84. The molecule has 2 aromatic rings. The number of aryl methyl sites for hydroxylation is 4. The molecule has 1 amide bonds. The summed E-state index contributed by atoms with van der Waals surface area (Å²) in [5.74, 6) is -0.723. The van der Waals surface area contributed by atoms with Crippen molar-refractivity contribution in [2.45, 2.75) is 30.6 Å². The molecule has 1 aromatic heterocycles. The van der Waals surface area contributed by atoms with Crippen molar-refractivity contribution in [1.82, 2.24) is 13.2 Å². The first-order valence-corrected chi connectivity index (χ1v) is 12.3. The fourth-order valence-corrected chi connectivity index (χ4v) is 7.25. The Bertz CT molecular complexity index is 1180. The van der Waals surface area contributed by atoms with Gasteiger partial charge in [0.15, 0.2) is 0 Å². The maximum absolute atomic E-state index is 13.2. The summed E-state index contributed by atoms with van der Waals surface area (Å²) in [6.07, 6.45) is 1.33. The highest BCUT2D eigenvalue weighted by Gasteiger charge is 2.35. The van der Waals surface area contributed by atoms with E-state index in [-0.39, 0.29) is 41.7 Å². The second-order valence-corrected chi connectivity index (χ2v) is 11.4. The summed E-state index contributed by atoms with van der Waals surface area (Å²) in [5, 5.41) is 0. The molecule has 0 bridgehead atoms. The Balaban J connectivity index is 1.82. The minimum atomic E-state index is -3.87. The van der Waals surface area contributed by atoms with E-state index in [1.54, 1.807) is 13.8 Å². The lowest BCUT2D eigenvalue weighted by Gasteiger charge is -2.33. The normalized spacial score (nSPS) is 16.7. The van der Waals surface area contributed by atoms with Gasteiger partial charge in [-0.05, 0) is 38.0 Å². The van der Waals surface area contributed by atoms with Gasteiger partial charge in [0, 0.05) is 39.4 Å². The molecule has 0 aliphatic carbocycles. The van der Waals surface area contributed by atoms with Crippen LogP contribution in [0.3, 0.4) is 0 Å². The van der Waals surface area contributed by atoms with Gasteiger partial charge in [-0.3, -0.25) is 4.79 Å². The second kappa shape index (κ2) is 7.80. The van der Waals surface area contributed by atoms with Gasteiger partial charge in [-0.25, -0.2) is 16.8 Å². The van der Waals surface area contributed by atoms with Crippen molar-refractivity contribution < 1.29 is 21.6 Å². The minimum Gasteiger partial charge on any atom is -0.364 e. The summed E-state index contributed by atoms with van der Waals surface area (Å²) in [7, 11) is -6.07. The third-order valence-corrected chi connectivity index (χ3v) is 9.34. The maximum atomic E-state index is 13.2. The van der Waals surface area contributed by atoms with Gasteiger partial charge in [0.2, 0.25) is 20.0 Å². The fraction of sp³-hybridized carbons (Fsp3) is 0.421. The number of piperazine rings is 1. The van der Waals surface area contributed by atoms with Crippen LogP contribution in [0.2, 0.25) is 0 Å². The van der Waals surface area contributed by atoms with Crippen LogP contribution >= 0.6 is 0 Å². The molecule has 1 aliphatic heterocycles. The van der Waals surface area contributed by atoms with Crippen LogP contribution in [-0.4, -0.2) is 62.1 Å². The molecule has 164 valence electrons. The number of carbonyl (C=O) groups is 1. The van der Waals surface area contributed by atoms with Gasteiger partial charge in [-0.15, -0.1) is 0 Å². The molecule has 30 heavy (non-hydrogen) atoms. The molecule has 0 saturated carbocycles. The Morgan fingerprint density at radius 1 is 0.867 bits per heavy atom. The van der Waals surface area contributed by atoms with Gasteiger partial charge in [-0.1, -0.05) is 17.7 Å². The van der Waals surface area contributed by atoms with Gasteiger partial charge < -0.3 is 10.3 Å². The van der Waals surface area contributed by atoms with Crippen molar-refractivity contribution in [1.29, 1.82) is 0 Å². The molecule has 11 heteroatoms. The quantitative estimate of drug-likeness (QED) is 0.714. The number of hydrogen-bond donors (Lipinski definition) is 1. The van der Waals surface area contributed by atoms with Gasteiger partial charge >= 0.3 is 0 Å². The molecule has 0 atom stereocenters. The van der Waals surface area contributed by atoms with Crippen LogP contribution in [0, 0.1) is 20.8 Å². The molecule has 1 aromatic carbocycles. The summed E-state index contributed by atoms with van der Waals surface area (Å²) in [5.41, 5.74) is 7.67. The van der Waals surface area contributed by atoms with Crippen LogP contribution in [0.4, 0.5) is 0 Å². The molecule has 3 rings (SSSR count). The molecule has 1 aliphatic rings. The smallest absolute Gasteiger partial charge is 0.265 e. The number of nitrogens with zero attached hydrogens (tertiary/aromatic N) is 3. The van der Waals surface area contributed by atoms with E-state index >= 15 is 0 Å². The van der Waals surface area contributed by atoms with E-state index in [2.05, 4.69) is 0 Å². The number of nitrogens with two attached hydrogens (primary N) is 1. The van der Waals surface area contributed by atoms with Crippen LogP contribution in [0.15, 0.2) is 34.2 Å². The van der Waals surface area contributed by atoms with Crippen molar-refractivity contribution >= 4 is 26.0 Å². The van der Waals surface area contributed by atoms with Crippen LogP contribution in [0.5, 0.6) is 0 Å². The highest BCUT2D eigenvalue weighted by Crippen LogP contribution is 2.27. The number of hydrogen-bond acceptors (Lipinski definition) is 5. The summed E-state index contributed by atoms with van der Waals surface area (Å²) in [6, 6.07) is 4.89. The monoisotopic (exact) mass is 454 g/mol. The van der Waals surface area contributed by atoms with Gasteiger partial charge in [0.25, 0.3) is 5.91 Å². The zero-order chi connectivity index (χ0) is 22.4. The molecule has 9 nitrogen and oxygen atoms in total. The molecule has 2 N–H and O–H groups in total. The van der Waals surface area contributed by atoms with E-state index in [0.717, 1.165) is 5.56 Å². The van der Waals surface area contributed by atoms with Crippen molar-refractivity contribution in [3.8, 4) is 0 Å². The summed E-state index contributed by atoms with van der Waals surface area (Å²) < 4.78 is 56.2. The molecule has 1 saturated heterocycles. The largest absolute Gasteiger partial charge is 0.364 e. The zero-order valence-electron chi connectivity index (χ0n) is 17.4. The molecule has 0 radical (unpaired) electrons. The molecule has 2 heterocycles. The molecular weight excluding hydrogens is 428 g/mol. The van der Waals surface area contributed by atoms with Gasteiger partial charge in [0.05, 0.1) is 4.90 Å². The van der Waals surface area contributed by atoms with Gasteiger partial charge in [-0.2, -0.15) is 8.61 Å². The number of rotatable bonds is 5. The van der Waals surface area contributed by atoms with E-state index in [1.807, 2.05) is 19.1 Å². The van der Waals surface area contributed by atoms with Crippen molar-refractivity contribution in [2.75, 3.05) is 26.2 Å². The Morgan fingerprint density at radius 2 is 1.33 bits per heavy atom. The number of amides is 1. The fourth-order valence-electron chi connectivity index (χ4n) is 3.92. The van der Waals surface area contributed by atoms with Crippen LogP contribution in [0.25, 0.3) is 0 Å². The first-order valence-electron chi connectivity index (χ1n) is 9.40. The summed E-state index contributed by atoms with van der Waals surface area (Å²) in [6.45, 7) is 5.57. The Morgan fingerprint density at radius 3 is 1.77 bits per heavy atom.